The number of benzene rings is 1. The van der Waals surface area contributed by atoms with Crippen LogP contribution in [0.3, 0.4) is 0 Å². The number of nitrogens with zero attached hydrogens (tertiary/aromatic N) is 1. The van der Waals surface area contributed by atoms with Crippen molar-refractivity contribution in [2.24, 2.45) is 0 Å². The molecule has 1 aromatic carbocycles. The van der Waals surface area contributed by atoms with Gasteiger partial charge in [-0.05, 0) is 36.1 Å². The largest absolute Gasteiger partial charge is 0.311 e. The first kappa shape index (κ1) is 11.6. The fourth-order valence-electron chi connectivity index (χ4n) is 1.87. The molecule has 0 N–H and O–H groups in total. The van der Waals surface area contributed by atoms with Gasteiger partial charge in [0.15, 0.2) is 0 Å². The first-order chi connectivity index (χ1) is 8.20. The lowest BCUT2D eigenvalue weighted by Crippen LogP contribution is -2.20. The molecule has 2 rings (SSSR count). The normalized spacial score (nSPS) is 10.5. The minimum atomic E-state index is 0.0765. The van der Waals surface area contributed by atoms with Crippen molar-refractivity contribution in [1.82, 2.24) is 4.57 Å². The predicted molar refractivity (Wildman–Crippen MR) is 70.4 cm³/mol. The highest BCUT2D eigenvalue weighted by Crippen LogP contribution is 2.08. The van der Waals surface area contributed by atoms with Crippen LogP contribution < -0.4 is 5.56 Å². The standard InChI is InChI=1S/C15H17NO/c1-3-13-8-9-16(15(17)10-13)11-14-7-5-4-6-12(14)2/h4-10H,3,11H2,1-2H3. The van der Waals surface area contributed by atoms with Crippen molar-refractivity contribution < 1.29 is 0 Å². The molecule has 0 aliphatic rings. The maximum atomic E-state index is 11.9. The van der Waals surface area contributed by atoms with Gasteiger partial charge in [0.25, 0.3) is 5.56 Å². The van der Waals surface area contributed by atoms with E-state index in [2.05, 4.69) is 26.0 Å². The van der Waals surface area contributed by atoms with E-state index in [0.29, 0.717) is 6.54 Å². The third-order valence-corrected chi connectivity index (χ3v) is 3.07. The van der Waals surface area contributed by atoms with Crippen LogP contribution in [0.4, 0.5) is 0 Å². The summed E-state index contributed by atoms with van der Waals surface area (Å²) in [6.45, 7) is 4.77. The van der Waals surface area contributed by atoms with Gasteiger partial charge in [0.2, 0.25) is 0 Å². The molecule has 1 heterocycles. The zero-order valence-corrected chi connectivity index (χ0v) is 10.3. The number of hydrogen-bond donors (Lipinski definition) is 0. The first-order valence-corrected chi connectivity index (χ1v) is 5.94. The maximum absolute atomic E-state index is 11.9. The van der Waals surface area contributed by atoms with Gasteiger partial charge in [-0.25, -0.2) is 0 Å². The molecule has 88 valence electrons. The molecule has 0 bridgehead atoms. The molecular weight excluding hydrogens is 210 g/mol. The lowest BCUT2D eigenvalue weighted by molar-refractivity contribution is 0.751. The summed E-state index contributed by atoms with van der Waals surface area (Å²) in [6.07, 6.45) is 2.79. The Morgan fingerprint density at radius 1 is 1.18 bits per heavy atom. The van der Waals surface area contributed by atoms with Crippen LogP contribution in [0.15, 0.2) is 47.4 Å². The monoisotopic (exact) mass is 227 g/mol. The van der Waals surface area contributed by atoms with Gasteiger partial charge >= 0.3 is 0 Å². The molecule has 2 heteroatoms. The van der Waals surface area contributed by atoms with Gasteiger partial charge in [0.1, 0.15) is 0 Å². The van der Waals surface area contributed by atoms with Gasteiger partial charge in [-0.3, -0.25) is 4.79 Å². The average Bonchev–Trinajstić information content (AvgIpc) is 2.34. The van der Waals surface area contributed by atoms with Crippen LogP contribution in [0.2, 0.25) is 0 Å². The Bertz CT molecular complexity index is 569. The van der Waals surface area contributed by atoms with Crippen LogP contribution in [-0.2, 0) is 13.0 Å². The smallest absolute Gasteiger partial charge is 0.251 e. The van der Waals surface area contributed by atoms with Crippen LogP contribution in [0.1, 0.15) is 23.6 Å². The molecule has 0 atom stereocenters. The zero-order valence-electron chi connectivity index (χ0n) is 10.3. The second kappa shape index (κ2) is 5.00. The van der Waals surface area contributed by atoms with Crippen molar-refractivity contribution in [1.29, 1.82) is 0 Å². The minimum absolute atomic E-state index is 0.0765. The molecule has 0 fully saturated rings. The highest BCUT2D eigenvalue weighted by atomic mass is 16.1. The molecule has 0 saturated heterocycles. The summed E-state index contributed by atoms with van der Waals surface area (Å²) >= 11 is 0. The Morgan fingerprint density at radius 2 is 1.94 bits per heavy atom. The Labute approximate surface area is 102 Å². The Kier molecular flexibility index (Phi) is 3.43. The van der Waals surface area contributed by atoms with Crippen LogP contribution in [0.25, 0.3) is 0 Å². The van der Waals surface area contributed by atoms with Crippen LogP contribution in [0.5, 0.6) is 0 Å². The van der Waals surface area contributed by atoms with E-state index in [0.717, 1.165) is 12.0 Å². The molecule has 0 aliphatic carbocycles. The molecule has 0 aliphatic heterocycles. The third kappa shape index (κ3) is 2.64. The number of hydrogen-bond acceptors (Lipinski definition) is 1. The lowest BCUT2D eigenvalue weighted by atomic mass is 10.1. The topological polar surface area (TPSA) is 22.0 Å². The Morgan fingerprint density at radius 3 is 2.59 bits per heavy atom. The molecule has 17 heavy (non-hydrogen) atoms. The van der Waals surface area contributed by atoms with E-state index in [9.17, 15) is 4.79 Å². The number of rotatable bonds is 3. The quantitative estimate of drug-likeness (QED) is 0.790. The average molecular weight is 227 g/mol. The fraction of sp³-hybridized carbons (Fsp3) is 0.267. The summed E-state index contributed by atoms with van der Waals surface area (Å²) < 4.78 is 1.75. The van der Waals surface area contributed by atoms with Crippen LogP contribution in [0, 0.1) is 6.92 Å². The third-order valence-electron chi connectivity index (χ3n) is 3.07. The highest BCUT2D eigenvalue weighted by Gasteiger charge is 2.01. The molecule has 2 nitrogen and oxygen atoms in total. The molecule has 0 amide bonds. The van der Waals surface area contributed by atoms with E-state index >= 15 is 0 Å². The second-order valence-corrected chi connectivity index (χ2v) is 4.28. The van der Waals surface area contributed by atoms with Gasteiger partial charge in [0.05, 0.1) is 6.54 Å². The van der Waals surface area contributed by atoms with E-state index < -0.39 is 0 Å². The predicted octanol–water partition coefficient (Wildman–Crippen LogP) is 2.77. The number of aromatic nitrogens is 1. The second-order valence-electron chi connectivity index (χ2n) is 4.28. The van der Waals surface area contributed by atoms with E-state index in [1.165, 1.54) is 11.1 Å². The van der Waals surface area contributed by atoms with Gasteiger partial charge < -0.3 is 4.57 Å². The molecule has 0 radical (unpaired) electrons. The van der Waals surface area contributed by atoms with Crippen molar-refractivity contribution >= 4 is 0 Å². The van der Waals surface area contributed by atoms with E-state index in [1.807, 2.05) is 24.4 Å². The highest BCUT2D eigenvalue weighted by molar-refractivity contribution is 5.26. The lowest BCUT2D eigenvalue weighted by Gasteiger charge is -2.08. The molecular formula is C15H17NO. The van der Waals surface area contributed by atoms with Gasteiger partial charge in [0, 0.05) is 12.3 Å². The summed E-state index contributed by atoms with van der Waals surface area (Å²) in [7, 11) is 0. The van der Waals surface area contributed by atoms with Gasteiger partial charge in [-0.2, -0.15) is 0 Å². The number of pyridine rings is 1. The molecule has 2 aromatic rings. The summed E-state index contributed by atoms with van der Waals surface area (Å²) in [5.74, 6) is 0. The van der Waals surface area contributed by atoms with E-state index in [-0.39, 0.29) is 5.56 Å². The van der Waals surface area contributed by atoms with Crippen molar-refractivity contribution in [3.8, 4) is 0 Å². The molecule has 0 unspecified atom stereocenters. The Balaban J connectivity index is 2.31. The van der Waals surface area contributed by atoms with Gasteiger partial charge in [-0.1, -0.05) is 31.2 Å². The van der Waals surface area contributed by atoms with Crippen molar-refractivity contribution in [3.05, 3.63) is 69.6 Å². The van der Waals surface area contributed by atoms with Crippen LogP contribution >= 0.6 is 0 Å². The van der Waals surface area contributed by atoms with Gasteiger partial charge in [-0.15, -0.1) is 0 Å². The van der Waals surface area contributed by atoms with E-state index in [1.54, 1.807) is 10.6 Å². The Hall–Kier alpha value is -1.83. The molecule has 1 aromatic heterocycles. The van der Waals surface area contributed by atoms with Crippen molar-refractivity contribution in [3.63, 3.8) is 0 Å². The first-order valence-electron chi connectivity index (χ1n) is 5.94. The van der Waals surface area contributed by atoms with E-state index in [4.69, 9.17) is 0 Å². The summed E-state index contributed by atoms with van der Waals surface area (Å²) in [4.78, 5) is 11.9. The summed E-state index contributed by atoms with van der Waals surface area (Å²) in [5.41, 5.74) is 3.58. The summed E-state index contributed by atoms with van der Waals surface area (Å²) in [6, 6.07) is 11.9. The van der Waals surface area contributed by atoms with Crippen molar-refractivity contribution in [2.45, 2.75) is 26.8 Å². The zero-order chi connectivity index (χ0) is 12.3. The summed E-state index contributed by atoms with van der Waals surface area (Å²) in [5, 5.41) is 0. The number of aryl methyl sites for hydroxylation is 2. The maximum Gasteiger partial charge on any atom is 0.251 e. The van der Waals surface area contributed by atoms with Crippen molar-refractivity contribution in [2.75, 3.05) is 0 Å². The fourth-order valence-corrected chi connectivity index (χ4v) is 1.87. The minimum Gasteiger partial charge on any atom is -0.311 e. The molecule has 0 saturated carbocycles. The SMILES string of the molecule is CCc1ccn(Cc2ccccc2C)c(=O)c1. The molecule has 0 spiro atoms. The van der Waals surface area contributed by atoms with Crippen LogP contribution in [-0.4, -0.2) is 4.57 Å².